The van der Waals surface area contributed by atoms with Crippen molar-refractivity contribution in [3.05, 3.63) is 71.7 Å². The zero-order chi connectivity index (χ0) is 26.3. The highest BCUT2D eigenvalue weighted by atomic mass is 16.4. The fourth-order valence-corrected chi connectivity index (χ4v) is 5.49. The van der Waals surface area contributed by atoms with Gasteiger partial charge in [0.15, 0.2) is 0 Å². The van der Waals surface area contributed by atoms with Gasteiger partial charge in [0.25, 0.3) is 0 Å². The van der Waals surface area contributed by atoms with E-state index in [1.165, 1.54) is 5.56 Å². The summed E-state index contributed by atoms with van der Waals surface area (Å²) in [5.74, 6) is -0.140. The number of rotatable bonds is 10. The Kier molecular flexibility index (Phi) is 8.33. The zero-order valence-corrected chi connectivity index (χ0v) is 21.7. The predicted molar refractivity (Wildman–Crippen MR) is 145 cm³/mol. The number of piperidine rings is 1. The molecule has 0 aliphatic carbocycles. The van der Waals surface area contributed by atoms with E-state index in [1.54, 1.807) is 10.9 Å². The van der Waals surface area contributed by atoms with Gasteiger partial charge in [0.05, 0.1) is 24.1 Å². The number of aromatic nitrogens is 3. The third kappa shape index (κ3) is 6.58. The van der Waals surface area contributed by atoms with Crippen LogP contribution in [0.5, 0.6) is 0 Å². The van der Waals surface area contributed by atoms with Crippen molar-refractivity contribution in [3.63, 3.8) is 0 Å². The molecule has 1 aromatic carbocycles. The van der Waals surface area contributed by atoms with Crippen LogP contribution in [-0.4, -0.2) is 62.8 Å². The summed E-state index contributed by atoms with van der Waals surface area (Å²) in [6, 6.07) is 13.1. The molecule has 200 valence electrons. The second-order valence-corrected chi connectivity index (χ2v) is 10.3. The molecule has 5 rings (SSSR count). The summed E-state index contributed by atoms with van der Waals surface area (Å²) in [7, 11) is 0. The molecule has 0 saturated carbocycles. The number of carbonyl (C=O) groups excluding carboxylic acids is 1. The number of pyridine rings is 1. The van der Waals surface area contributed by atoms with Gasteiger partial charge >= 0.3 is 5.97 Å². The SMILES string of the molecule is O=C(O)C[C@H](NC(=O)[C@@H]1CCCN(CCCc2ccc3c(n2)NCCC3)C1)c1cccc(-n2cccn2)c1. The lowest BCUT2D eigenvalue weighted by Crippen LogP contribution is -2.44. The van der Waals surface area contributed by atoms with Crippen molar-refractivity contribution in [3.8, 4) is 5.69 Å². The van der Waals surface area contributed by atoms with E-state index in [0.29, 0.717) is 6.54 Å². The number of aliphatic carboxylic acids is 1. The van der Waals surface area contributed by atoms with Crippen molar-refractivity contribution in [1.29, 1.82) is 0 Å². The fourth-order valence-electron chi connectivity index (χ4n) is 5.49. The number of fused-ring (bicyclic) bond motifs is 1. The molecule has 4 heterocycles. The molecule has 1 amide bonds. The minimum Gasteiger partial charge on any atom is -0.481 e. The minimum absolute atomic E-state index is 0.0760. The Bertz CT molecular complexity index is 1240. The van der Waals surface area contributed by atoms with E-state index < -0.39 is 12.0 Å². The maximum atomic E-state index is 13.3. The third-order valence-electron chi connectivity index (χ3n) is 7.47. The Labute approximate surface area is 223 Å². The monoisotopic (exact) mass is 516 g/mol. The largest absolute Gasteiger partial charge is 0.481 e. The van der Waals surface area contributed by atoms with Gasteiger partial charge in [-0.1, -0.05) is 18.2 Å². The van der Waals surface area contributed by atoms with Crippen LogP contribution >= 0.6 is 0 Å². The van der Waals surface area contributed by atoms with E-state index in [2.05, 4.69) is 32.8 Å². The highest BCUT2D eigenvalue weighted by Gasteiger charge is 2.28. The highest BCUT2D eigenvalue weighted by Crippen LogP contribution is 2.24. The van der Waals surface area contributed by atoms with Crippen molar-refractivity contribution in [2.45, 2.75) is 51.0 Å². The maximum absolute atomic E-state index is 13.3. The van der Waals surface area contributed by atoms with Gasteiger partial charge in [-0.05, 0) is 87.0 Å². The smallest absolute Gasteiger partial charge is 0.305 e. The predicted octanol–water partition coefficient (Wildman–Crippen LogP) is 3.60. The summed E-state index contributed by atoms with van der Waals surface area (Å²) in [4.78, 5) is 32.1. The van der Waals surface area contributed by atoms with Gasteiger partial charge in [0, 0.05) is 31.2 Å². The van der Waals surface area contributed by atoms with E-state index in [9.17, 15) is 14.7 Å². The Morgan fingerprint density at radius 1 is 1.18 bits per heavy atom. The van der Waals surface area contributed by atoms with Crippen molar-refractivity contribution in [1.82, 2.24) is 25.0 Å². The summed E-state index contributed by atoms with van der Waals surface area (Å²) in [6.07, 6.45) is 9.27. The van der Waals surface area contributed by atoms with Crippen LogP contribution in [0.15, 0.2) is 54.9 Å². The van der Waals surface area contributed by atoms with Crippen molar-refractivity contribution in [2.75, 3.05) is 31.5 Å². The molecule has 9 nitrogen and oxygen atoms in total. The number of aryl methyl sites for hydroxylation is 2. The number of hydrogen-bond donors (Lipinski definition) is 3. The lowest BCUT2D eigenvalue weighted by Gasteiger charge is -2.33. The van der Waals surface area contributed by atoms with Gasteiger partial charge < -0.3 is 20.6 Å². The topological polar surface area (TPSA) is 112 Å². The average molecular weight is 517 g/mol. The normalized spacial score (nSPS) is 18.3. The van der Waals surface area contributed by atoms with Crippen LogP contribution in [0.25, 0.3) is 5.69 Å². The molecule has 2 aliphatic rings. The molecule has 0 spiro atoms. The Morgan fingerprint density at radius 2 is 2.11 bits per heavy atom. The summed E-state index contributed by atoms with van der Waals surface area (Å²) in [5.41, 5.74) is 4.00. The molecule has 3 aromatic rings. The van der Waals surface area contributed by atoms with Gasteiger partial charge in [0.1, 0.15) is 5.82 Å². The van der Waals surface area contributed by atoms with Gasteiger partial charge in [-0.2, -0.15) is 5.10 Å². The standard InChI is InChI=1S/C29H36N6O3/c36-27(37)19-26(22-6-1-10-25(18-22)35-17-5-14-31-35)33-29(38)23-8-3-15-34(20-23)16-4-9-24-12-11-21-7-2-13-30-28(21)32-24/h1,5-6,10-12,14,17-18,23,26H,2-4,7-9,13,15-16,19-20H2,(H,30,32)(H,33,38)(H,36,37)/t23-,26+/m1/s1. The van der Waals surface area contributed by atoms with Crippen molar-refractivity contribution < 1.29 is 14.7 Å². The number of nitrogens with zero attached hydrogens (tertiary/aromatic N) is 4. The first-order valence-corrected chi connectivity index (χ1v) is 13.6. The minimum atomic E-state index is -0.948. The number of anilines is 1. The molecule has 0 radical (unpaired) electrons. The number of carboxylic acid groups (broad SMARTS) is 1. The lowest BCUT2D eigenvalue weighted by molar-refractivity contribution is -0.138. The molecule has 2 aliphatic heterocycles. The van der Waals surface area contributed by atoms with Crippen LogP contribution in [-0.2, 0) is 22.4 Å². The van der Waals surface area contributed by atoms with Gasteiger partial charge in [-0.15, -0.1) is 0 Å². The van der Waals surface area contributed by atoms with Gasteiger partial charge in [-0.25, -0.2) is 9.67 Å². The van der Waals surface area contributed by atoms with Crippen LogP contribution in [0.1, 0.15) is 55.0 Å². The van der Waals surface area contributed by atoms with Crippen LogP contribution in [0.4, 0.5) is 5.82 Å². The number of likely N-dealkylation sites (tertiary alicyclic amines) is 1. The van der Waals surface area contributed by atoms with E-state index in [1.807, 2.05) is 36.5 Å². The first-order valence-electron chi connectivity index (χ1n) is 13.6. The van der Waals surface area contributed by atoms with E-state index in [-0.39, 0.29) is 18.2 Å². The first-order chi connectivity index (χ1) is 18.5. The Balaban J connectivity index is 1.16. The quantitative estimate of drug-likeness (QED) is 0.377. The summed E-state index contributed by atoms with van der Waals surface area (Å²) in [6.45, 7) is 3.58. The molecular formula is C29H36N6O3. The average Bonchev–Trinajstić information content (AvgIpc) is 3.48. The molecular weight excluding hydrogens is 480 g/mol. The molecule has 0 unspecified atom stereocenters. The molecule has 1 fully saturated rings. The Morgan fingerprint density at radius 3 is 2.95 bits per heavy atom. The first kappa shape index (κ1) is 25.9. The van der Waals surface area contributed by atoms with Crippen LogP contribution in [0, 0.1) is 5.92 Å². The molecule has 2 atom stereocenters. The summed E-state index contributed by atoms with van der Waals surface area (Å²) >= 11 is 0. The van der Waals surface area contributed by atoms with Crippen LogP contribution < -0.4 is 10.6 Å². The number of amides is 1. The summed E-state index contributed by atoms with van der Waals surface area (Å²) in [5, 5.41) is 20.2. The molecule has 1 saturated heterocycles. The van der Waals surface area contributed by atoms with Crippen LogP contribution in [0.3, 0.4) is 0 Å². The number of carboxylic acids is 1. The van der Waals surface area contributed by atoms with E-state index in [0.717, 1.165) is 80.9 Å². The number of benzene rings is 1. The van der Waals surface area contributed by atoms with Gasteiger partial charge in [-0.3, -0.25) is 9.59 Å². The fraction of sp³-hybridized carbons (Fsp3) is 0.448. The maximum Gasteiger partial charge on any atom is 0.305 e. The molecule has 38 heavy (non-hydrogen) atoms. The Hall–Kier alpha value is -3.72. The zero-order valence-electron chi connectivity index (χ0n) is 21.7. The third-order valence-corrected chi connectivity index (χ3v) is 7.47. The van der Waals surface area contributed by atoms with Crippen LogP contribution in [0.2, 0.25) is 0 Å². The molecule has 9 heteroatoms. The highest BCUT2D eigenvalue weighted by molar-refractivity contribution is 5.80. The van der Waals surface area contributed by atoms with Crippen molar-refractivity contribution >= 4 is 17.7 Å². The molecule has 0 bridgehead atoms. The molecule has 3 N–H and O–H groups in total. The van der Waals surface area contributed by atoms with Crippen molar-refractivity contribution in [2.24, 2.45) is 5.92 Å². The molecule has 2 aromatic heterocycles. The van der Waals surface area contributed by atoms with E-state index >= 15 is 0 Å². The number of nitrogens with one attached hydrogen (secondary N) is 2. The summed E-state index contributed by atoms with van der Waals surface area (Å²) < 4.78 is 1.72. The van der Waals surface area contributed by atoms with E-state index in [4.69, 9.17) is 4.98 Å². The second-order valence-electron chi connectivity index (χ2n) is 10.3. The number of carbonyl (C=O) groups is 2. The second kappa shape index (κ2) is 12.2. The lowest BCUT2D eigenvalue weighted by atomic mass is 9.95. The van der Waals surface area contributed by atoms with Gasteiger partial charge in [0.2, 0.25) is 5.91 Å². The number of hydrogen-bond acceptors (Lipinski definition) is 6.